The van der Waals surface area contributed by atoms with Crippen molar-refractivity contribution < 1.29 is 4.79 Å². The number of carbonyl (C=O) groups is 1. The monoisotopic (exact) mass is 370 g/mol. The molecule has 2 heterocycles. The van der Waals surface area contributed by atoms with Crippen molar-refractivity contribution in [2.24, 2.45) is 0 Å². The van der Waals surface area contributed by atoms with E-state index in [2.05, 4.69) is 31.3 Å². The summed E-state index contributed by atoms with van der Waals surface area (Å²) in [5, 5.41) is 7.75. The van der Waals surface area contributed by atoms with E-state index in [1.807, 2.05) is 26.8 Å². The molecule has 0 radical (unpaired) electrons. The summed E-state index contributed by atoms with van der Waals surface area (Å²) in [5.41, 5.74) is 1.52. The lowest BCUT2D eigenvalue weighted by atomic mass is 10.2. The lowest BCUT2D eigenvalue weighted by Gasteiger charge is -2.17. The molecule has 0 aliphatic carbocycles. The second-order valence-electron chi connectivity index (χ2n) is 4.70. The van der Waals surface area contributed by atoms with E-state index in [-0.39, 0.29) is 5.91 Å². The van der Waals surface area contributed by atoms with Gasteiger partial charge in [0.2, 0.25) is 5.91 Å². The summed E-state index contributed by atoms with van der Waals surface area (Å²) in [5.74, 6) is 0.351. The van der Waals surface area contributed by atoms with Crippen molar-refractivity contribution in [3.8, 4) is 0 Å². The third-order valence-electron chi connectivity index (χ3n) is 3.20. The lowest BCUT2D eigenvalue weighted by Crippen LogP contribution is -2.27. The topological polar surface area (TPSA) is 59.8 Å². The molecule has 0 fully saturated rings. The van der Waals surface area contributed by atoms with Crippen LogP contribution in [-0.4, -0.2) is 20.7 Å². The van der Waals surface area contributed by atoms with E-state index in [9.17, 15) is 4.79 Å². The minimum Gasteiger partial charge on any atom is -0.309 e. The van der Waals surface area contributed by atoms with Crippen molar-refractivity contribution >= 4 is 39.3 Å². The standard InChI is InChI=1S/C14H16BrClN4O/c1-4-11(20-9(3)13(16)8(2)19-20)14(21)18-12-6-5-10(15)7-17-12/h5-7,11H,4H2,1-3H3,(H,17,18,21). The van der Waals surface area contributed by atoms with Crippen molar-refractivity contribution in [3.63, 3.8) is 0 Å². The van der Waals surface area contributed by atoms with E-state index in [4.69, 9.17) is 11.6 Å². The second kappa shape index (κ2) is 6.58. The fourth-order valence-corrected chi connectivity index (χ4v) is 2.43. The van der Waals surface area contributed by atoms with Gasteiger partial charge in [-0.25, -0.2) is 4.98 Å². The van der Waals surface area contributed by atoms with Gasteiger partial charge in [0.15, 0.2) is 0 Å². The first-order valence-corrected chi connectivity index (χ1v) is 7.74. The van der Waals surface area contributed by atoms with Crippen LogP contribution in [-0.2, 0) is 4.79 Å². The zero-order chi connectivity index (χ0) is 15.6. The number of pyridine rings is 1. The number of aryl methyl sites for hydroxylation is 1. The van der Waals surface area contributed by atoms with Crippen LogP contribution in [0.15, 0.2) is 22.8 Å². The summed E-state index contributed by atoms with van der Waals surface area (Å²) in [6.07, 6.45) is 2.25. The molecule has 7 heteroatoms. The van der Waals surface area contributed by atoms with Crippen LogP contribution >= 0.6 is 27.5 Å². The van der Waals surface area contributed by atoms with E-state index in [0.29, 0.717) is 17.3 Å². The van der Waals surface area contributed by atoms with Gasteiger partial charge in [0.25, 0.3) is 0 Å². The predicted molar refractivity (Wildman–Crippen MR) is 86.6 cm³/mol. The van der Waals surface area contributed by atoms with Crippen LogP contribution in [0.1, 0.15) is 30.8 Å². The predicted octanol–water partition coefficient (Wildman–Crippen LogP) is 3.90. The number of aromatic nitrogens is 3. The zero-order valence-corrected chi connectivity index (χ0v) is 14.4. The Bertz CT molecular complexity index is 654. The van der Waals surface area contributed by atoms with Gasteiger partial charge >= 0.3 is 0 Å². The normalized spacial score (nSPS) is 12.2. The molecule has 0 bridgehead atoms. The average molecular weight is 372 g/mol. The molecule has 2 aromatic heterocycles. The molecular formula is C14H16BrClN4O. The van der Waals surface area contributed by atoms with Crippen LogP contribution in [0.3, 0.4) is 0 Å². The third kappa shape index (κ3) is 3.44. The van der Waals surface area contributed by atoms with Gasteiger partial charge in [-0.05, 0) is 48.3 Å². The van der Waals surface area contributed by atoms with Crippen molar-refractivity contribution in [2.75, 3.05) is 5.32 Å². The molecule has 0 saturated carbocycles. The summed E-state index contributed by atoms with van der Waals surface area (Å²) in [4.78, 5) is 16.6. The maximum Gasteiger partial charge on any atom is 0.250 e. The SMILES string of the molecule is CCC(C(=O)Nc1ccc(Br)cn1)n1nc(C)c(Cl)c1C. The highest BCUT2D eigenvalue weighted by molar-refractivity contribution is 9.10. The highest BCUT2D eigenvalue weighted by Crippen LogP contribution is 2.24. The molecule has 0 spiro atoms. The smallest absolute Gasteiger partial charge is 0.250 e. The van der Waals surface area contributed by atoms with Crippen molar-refractivity contribution in [1.82, 2.24) is 14.8 Å². The Morgan fingerprint density at radius 2 is 2.19 bits per heavy atom. The van der Waals surface area contributed by atoms with E-state index in [0.717, 1.165) is 15.9 Å². The van der Waals surface area contributed by atoms with Crippen molar-refractivity contribution in [2.45, 2.75) is 33.2 Å². The maximum atomic E-state index is 12.4. The van der Waals surface area contributed by atoms with Crippen LogP contribution in [0.4, 0.5) is 5.82 Å². The molecule has 0 aromatic carbocycles. The Balaban J connectivity index is 2.22. The first kappa shape index (κ1) is 16.0. The number of nitrogens with one attached hydrogen (secondary N) is 1. The Kier molecular flexibility index (Phi) is 5.00. The van der Waals surface area contributed by atoms with Gasteiger partial charge in [-0.15, -0.1) is 0 Å². The van der Waals surface area contributed by atoms with E-state index in [1.54, 1.807) is 16.9 Å². The van der Waals surface area contributed by atoms with E-state index in [1.165, 1.54) is 0 Å². The first-order chi connectivity index (χ1) is 9.93. The number of rotatable bonds is 4. The van der Waals surface area contributed by atoms with E-state index < -0.39 is 6.04 Å². The highest BCUT2D eigenvalue weighted by atomic mass is 79.9. The number of halogens is 2. The summed E-state index contributed by atoms with van der Waals surface area (Å²) in [6, 6.07) is 3.15. The van der Waals surface area contributed by atoms with Crippen LogP contribution in [0.5, 0.6) is 0 Å². The van der Waals surface area contributed by atoms with Gasteiger partial charge < -0.3 is 5.32 Å². The summed E-state index contributed by atoms with van der Waals surface area (Å²) < 4.78 is 2.53. The average Bonchev–Trinajstić information content (AvgIpc) is 2.70. The fourth-order valence-electron chi connectivity index (χ4n) is 2.08. The maximum absolute atomic E-state index is 12.4. The molecule has 2 aromatic rings. The second-order valence-corrected chi connectivity index (χ2v) is 6.00. The number of hydrogen-bond donors (Lipinski definition) is 1. The van der Waals surface area contributed by atoms with Crippen LogP contribution in [0, 0.1) is 13.8 Å². The molecule has 0 saturated heterocycles. The molecule has 5 nitrogen and oxygen atoms in total. The summed E-state index contributed by atoms with van der Waals surface area (Å²) in [6.45, 7) is 5.62. The number of anilines is 1. The Morgan fingerprint density at radius 3 is 2.67 bits per heavy atom. The third-order valence-corrected chi connectivity index (χ3v) is 4.22. The molecule has 1 atom stereocenters. The molecule has 21 heavy (non-hydrogen) atoms. The fraction of sp³-hybridized carbons (Fsp3) is 0.357. The summed E-state index contributed by atoms with van der Waals surface area (Å²) >= 11 is 9.46. The minimum atomic E-state index is -0.415. The van der Waals surface area contributed by atoms with Crippen LogP contribution < -0.4 is 5.32 Å². The van der Waals surface area contributed by atoms with Crippen molar-refractivity contribution in [1.29, 1.82) is 0 Å². The molecule has 112 valence electrons. The largest absolute Gasteiger partial charge is 0.309 e. The molecule has 0 aliphatic heterocycles. The molecule has 1 N–H and O–H groups in total. The molecule has 0 aliphatic rings. The number of amides is 1. The molecule has 2 rings (SSSR count). The van der Waals surface area contributed by atoms with Gasteiger partial charge in [0.1, 0.15) is 11.9 Å². The number of carbonyl (C=O) groups excluding carboxylic acids is 1. The number of hydrogen-bond acceptors (Lipinski definition) is 3. The van der Waals surface area contributed by atoms with Gasteiger partial charge in [-0.2, -0.15) is 5.10 Å². The molecule has 1 amide bonds. The minimum absolute atomic E-state index is 0.158. The highest BCUT2D eigenvalue weighted by Gasteiger charge is 2.23. The van der Waals surface area contributed by atoms with Gasteiger partial charge in [-0.3, -0.25) is 9.48 Å². The Hall–Kier alpha value is -1.40. The van der Waals surface area contributed by atoms with Gasteiger partial charge in [-0.1, -0.05) is 18.5 Å². The van der Waals surface area contributed by atoms with Gasteiger partial charge in [0.05, 0.1) is 16.4 Å². The number of nitrogens with zero attached hydrogens (tertiary/aromatic N) is 3. The molecule has 1 unspecified atom stereocenters. The zero-order valence-electron chi connectivity index (χ0n) is 12.0. The molecular weight excluding hydrogens is 356 g/mol. The first-order valence-electron chi connectivity index (χ1n) is 6.57. The lowest BCUT2D eigenvalue weighted by molar-refractivity contribution is -0.119. The Morgan fingerprint density at radius 1 is 1.48 bits per heavy atom. The Labute approximate surface area is 136 Å². The van der Waals surface area contributed by atoms with Crippen LogP contribution in [0.25, 0.3) is 0 Å². The van der Waals surface area contributed by atoms with Crippen molar-refractivity contribution in [3.05, 3.63) is 39.2 Å². The van der Waals surface area contributed by atoms with Crippen LogP contribution in [0.2, 0.25) is 5.02 Å². The van der Waals surface area contributed by atoms with E-state index >= 15 is 0 Å². The quantitative estimate of drug-likeness (QED) is 0.886. The summed E-state index contributed by atoms with van der Waals surface area (Å²) in [7, 11) is 0. The van der Waals surface area contributed by atoms with Gasteiger partial charge in [0, 0.05) is 10.7 Å².